The number of H-pyrrole nitrogens is 1. The van der Waals surface area contributed by atoms with Gasteiger partial charge < -0.3 is 9.04 Å². The zero-order valence-electron chi connectivity index (χ0n) is 13.2. The van der Waals surface area contributed by atoms with E-state index in [-0.39, 0.29) is 0 Å². The molecule has 0 spiro atoms. The predicted octanol–water partition coefficient (Wildman–Crippen LogP) is 2.84. The van der Waals surface area contributed by atoms with E-state index in [4.69, 9.17) is 4.74 Å². The number of aromatic amines is 1. The van der Waals surface area contributed by atoms with E-state index < -0.39 is 5.97 Å². The van der Waals surface area contributed by atoms with Gasteiger partial charge in [0.25, 0.3) is 0 Å². The van der Waals surface area contributed by atoms with E-state index in [1.54, 1.807) is 24.3 Å². The number of benzene rings is 2. The van der Waals surface area contributed by atoms with E-state index in [0.29, 0.717) is 22.8 Å². The number of carbonyl (C=O) groups is 1. The minimum Gasteiger partial charge on any atom is -0.420 e. The molecule has 8 heteroatoms. The number of hydrogen-bond acceptors (Lipinski definition) is 7. The molecule has 0 atom stereocenters. The molecule has 7 nitrogen and oxygen atoms in total. The maximum absolute atomic E-state index is 12.6. The van der Waals surface area contributed by atoms with Gasteiger partial charge in [0.05, 0.1) is 5.56 Å². The highest BCUT2D eigenvalue weighted by atomic mass is 32.2. The zero-order valence-corrected chi connectivity index (χ0v) is 14.0. The second-order valence-corrected chi connectivity index (χ2v) is 6.42. The van der Waals surface area contributed by atoms with Crippen LogP contribution in [0.3, 0.4) is 0 Å². The Morgan fingerprint density at radius 1 is 1.12 bits per heavy atom. The van der Waals surface area contributed by atoms with E-state index in [9.17, 15) is 4.79 Å². The lowest BCUT2D eigenvalue weighted by atomic mass is 10.1. The van der Waals surface area contributed by atoms with Crippen molar-refractivity contribution in [3.63, 3.8) is 0 Å². The number of rotatable bonds is 3. The third-order valence-electron chi connectivity index (χ3n) is 3.66. The van der Waals surface area contributed by atoms with Gasteiger partial charge in [-0.25, -0.2) is 4.79 Å². The molecular weight excluding hydrogens is 338 g/mol. The molecular formula is C17H13N5O2S. The van der Waals surface area contributed by atoms with Crippen molar-refractivity contribution in [1.29, 1.82) is 0 Å². The summed E-state index contributed by atoms with van der Waals surface area (Å²) < 4.78 is 7.64. The average Bonchev–Trinajstić information content (AvgIpc) is 3.16. The maximum atomic E-state index is 12.6. The SMILES string of the molecule is CN1Sc2ccccc2C(OC(=O)c2ccccc2)=C1c1nn[nH]n1. The maximum Gasteiger partial charge on any atom is 0.343 e. The first kappa shape index (κ1) is 15.4. The Balaban J connectivity index is 1.83. The van der Waals surface area contributed by atoms with Crippen LogP contribution in [0.5, 0.6) is 0 Å². The predicted molar refractivity (Wildman–Crippen MR) is 92.9 cm³/mol. The highest BCUT2D eigenvalue weighted by Crippen LogP contribution is 2.43. The first-order valence-electron chi connectivity index (χ1n) is 7.50. The minimum absolute atomic E-state index is 0.361. The lowest BCUT2D eigenvalue weighted by Gasteiger charge is -2.28. The number of ether oxygens (including phenoxy) is 1. The summed E-state index contributed by atoms with van der Waals surface area (Å²) in [4.78, 5) is 13.6. The molecule has 0 bridgehead atoms. The van der Waals surface area contributed by atoms with E-state index >= 15 is 0 Å². The molecule has 0 saturated heterocycles. The molecule has 0 amide bonds. The van der Waals surface area contributed by atoms with Gasteiger partial charge in [-0.1, -0.05) is 30.3 Å². The molecule has 0 radical (unpaired) electrons. The summed E-state index contributed by atoms with van der Waals surface area (Å²) in [5.41, 5.74) is 1.87. The summed E-state index contributed by atoms with van der Waals surface area (Å²) in [5.74, 6) is 0.333. The molecule has 0 saturated carbocycles. The van der Waals surface area contributed by atoms with Gasteiger partial charge in [-0.15, -0.1) is 10.2 Å². The molecule has 0 unspecified atom stereocenters. The molecule has 1 aliphatic heterocycles. The number of nitrogens with zero attached hydrogens (tertiary/aromatic N) is 4. The molecule has 4 rings (SSSR count). The van der Waals surface area contributed by atoms with Crippen molar-refractivity contribution in [2.24, 2.45) is 0 Å². The lowest BCUT2D eigenvalue weighted by molar-refractivity contribution is 0.0691. The molecule has 124 valence electrons. The summed E-state index contributed by atoms with van der Waals surface area (Å²) in [6, 6.07) is 16.6. The van der Waals surface area contributed by atoms with Crippen LogP contribution < -0.4 is 0 Å². The zero-order chi connectivity index (χ0) is 17.2. The van der Waals surface area contributed by atoms with E-state index in [1.807, 2.05) is 41.7 Å². The van der Waals surface area contributed by atoms with E-state index in [0.717, 1.165) is 10.5 Å². The van der Waals surface area contributed by atoms with Gasteiger partial charge in [-0.2, -0.15) is 5.21 Å². The Bertz CT molecular complexity index is 941. The van der Waals surface area contributed by atoms with Gasteiger partial charge in [0.2, 0.25) is 5.82 Å². The van der Waals surface area contributed by atoms with Crippen molar-refractivity contribution in [1.82, 2.24) is 24.9 Å². The van der Waals surface area contributed by atoms with Gasteiger partial charge in [-0.3, -0.25) is 0 Å². The van der Waals surface area contributed by atoms with Gasteiger partial charge in [0.15, 0.2) is 5.76 Å². The fraction of sp³-hybridized carbons (Fsp3) is 0.0588. The molecule has 3 aromatic rings. The van der Waals surface area contributed by atoms with Crippen LogP contribution in [0.4, 0.5) is 0 Å². The Morgan fingerprint density at radius 3 is 2.64 bits per heavy atom. The molecule has 2 aromatic carbocycles. The van der Waals surface area contributed by atoms with Crippen LogP contribution in [0, 0.1) is 0 Å². The first-order valence-corrected chi connectivity index (χ1v) is 8.28. The highest BCUT2D eigenvalue weighted by molar-refractivity contribution is 7.97. The fourth-order valence-electron chi connectivity index (χ4n) is 2.53. The lowest BCUT2D eigenvalue weighted by Crippen LogP contribution is -2.19. The topological polar surface area (TPSA) is 84.0 Å². The quantitative estimate of drug-likeness (QED) is 0.574. The van der Waals surface area contributed by atoms with Crippen LogP contribution in [-0.4, -0.2) is 37.9 Å². The molecule has 0 aliphatic carbocycles. The van der Waals surface area contributed by atoms with Crippen LogP contribution in [-0.2, 0) is 4.74 Å². The van der Waals surface area contributed by atoms with Crippen LogP contribution >= 0.6 is 11.9 Å². The van der Waals surface area contributed by atoms with Crippen LogP contribution in [0.2, 0.25) is 0 Å². The van der Waals surface area contributed by atoms with Crippen LogP contribution in [0.15, 0.2) is 59.5 Å². The largest absolute Gasteiger partial charge is 0.420 e. The molecule has 1 aliphatic rings. The molecule has 1 N–H and O–H groups in total. The fourth-order valence-corrected chi connectivity index (χ4v) is 3.48. The third kappa shape index (κ3) is 2.87. The van der Waals surface area contributed by atoms with Crippen molar-refractivity contribution < 1.29 is 9.53 Å². The minimum atomic E-state index is -0.438. The Morgan fingerprint density at radius 2 is 1.88 bits per heavy atom. The summed E-state index contributed by atoms with van der Waals surface area (Å²) in [5, 5.41) is 14.1. The Kier molecular flexibility index (Phi) is 3.95. The number of tetrazole rings is 1. The Labute approximate surface area is 147 Å². The van der Waals surface area contributed by atoms with Gasteiger partial charge in [-0.05, 0) is 41.4 Å². The smallest absolute Gasteiger partial charge is 0.343 e. The van der Waals surface area contributed by atoms with Crippen molar-refractivity contribution in [3.8, 4) is 0 Å². The van der Waals surface area contributed by atoms with Crippen LogP contribution in [0.1, 0.15) is 21.7 Å². The molecule has 2 heterocycles. The number of esters is 1. The number of nitrogens with one attached hydrogen (secondary N) is 1. The number of fused-ring (bicyclic) bond motifs is 1. The molecule has 0 fully saturated rings. The summed E-state index contributed by atoms with van der Waals surface area (Å²) in [6.45, 7) is 0. The summed E-state index contributed by atoms with van der Waals surface area (Å²) >= 11 is 1.51. The number of carbonyl (C=O) groups excluding carboxylic acids is 1. The van der Waals surface area contributed by atoms with Crippen molar-refractivity contribution >= 4 is 29.4 Å². The highest BCUT2D eigenvalue weighted by Gasteiger charge is 2.30. The van der Waals surface area contributed by atoms with E-state index in [1.165, 1.54) is 11.9 Å². The second kappa shape index (κ2) is 6.40. The number of aromatic nitrogens is 4. The average molecular weight is 351 g/mol. The van der Waals surface area contributed by atoms with Crippen LogP contribution in [0.25, 0.3) is 11.5 Å². The van der Waals surface area contributed by atoms with Crippen molar-refractivity contribution in [3.05, 3.63) is 71.5 Å². The van der Waals surface area contributed by atoms with Crippen molar-refractivity contribution in [2.75, 3.05) is 7.05 Å². The van der Waals surface area contributed by atoms with Crippen molar-refractivity contribution in [2.45, 2.75) is 4.90 Å². The normalized spacial score (nSPS) is 13.6. The van der Waals surface area contributed by atoms with Gasteiger partial charge in [0, 0.05) is 17.5 Å². The molecule has 25 heavy (non-hydrogen) atoms. The third-order valence-corrected chi connectivity index (χ3v) is 4.67. The second-order valence-electron chi connectivity index (χ2n) is 5.25. The summed E-state index contributed by atoms with van der Waals surface area (Å²) in [7, 11) is 1.86. The standard InChI is InChI=1S/C17H13N5O2S/c1-22-14(16-18-20-21-19-16)15(12-9-5-6-10-13(12)25-22)24-17(23)11-7-3-2-4-8-11/h2-10H,1H3,(H,18,19,20,21). The monoisotopic (exact) mass is 351 g/mol. The van der Waals surface area contributed by atoms with Gasteiger partial charge >= 0.3 is 5.97 Å². The number of hydrogen-bond donors (Lipinski definition) is 1. The molecule has 1 aromatic heterocycles. The summed E-state index contributed by atoms with van der Waals surface area (Å²) in [6.07, 6.45) is 0. The first-order chi connectivity index (χ1) is 12.2. The van der Waals surface area contributed by atoms with Gasteiger partial charge in [0.1, 0.15) is 5.70 Å². The Hall–Kier alpha value is -3.13. The van der Waals surface area contributed by atoms with E-state index in [2.05, 4.69) is 20.6 Å².